The molecular formula is C18H24BrClN2O3. The first-order chi connectivity index (χ1) is 11.7. The molecule has 1 aromatic rings. The maximum absolute atomic E-state index is 12.3. The fourth-order valence-electron chi connectivity index (χ4n) is 2.96. The number of carbonyl (C=O) groups is 2. The number of fused-ring (bicyclic) bond motifs is 1. The largest absolute Gasteiger partial charge is 0.444 e. The van der Waals surface area contributed by atoms with Crippen LogP contribution in [0.1, 0.15) is 31.9 Å². The zero-order chi connectivity index (χ0) is 18.6. The van der Waals surface area contributed by atoms with Gasteiger partial charge in [0.2, 0.25) is 5.91 Å². The number of carbonyl (C=O) groups excluding carboxylic acids is 2. The first-order valence-electron chi connectivity index (χ1n) is 8.29. The van der Waals surface area contributed by atoms with Crippen LogP contribution in [0.15, 0.2) is 22.7 Å². The fraction of sp³-hybridized carbons (Fsp3) is 0.556. The summed E-state index contributed by atoms with van der Waals surface area (Å²) in [7, 11) is 0. The third-order valence-corrected chi connectivity index (χ3v) is 4.70. The van der Waals surface area contributed by atoms with Crippen LogP contribution < -0.4 is 5.32 Å². The first-order valence-corrected chi connectivity index (χ1v) is 9.62. The number of hydrogen-bond acceptors (Lipinski definition) is 3. The molecule has 5 nitrogen and oxygen atoms in total. The van der Waals surface area contributed by atoms with Gasteiger partial charge in [0.25, 0.3) is 0 Å². The Kier molecular flexibility index (Phi) is 6.74. The molecule has 1 aromatic carbocycles. The minimum atomic E-state index is -0.545. The molecule has 2 amide bonds. The Morgan fingerprint density at radius 1 is 1.32 bits per heavy atom. The second-order valence-corrected chi connectivity index (χ2v) is 8.31. The quantitative estimate of drug-likeness (QED) is 0.726. The van der Waals surface area contributed by atoms with Crippen LogP contribution >= 0.6 is 27.5 Å². The molecule has 0 bridgehead atoms. The Balaban J connectivity index is 1.94. The molecule has 1 aliphatic rings. The Morgan fingerprint density at radius 3 is 2.64 bits per heavy atom. The maximum Gasteiger partial charge on any atom is 0.407 e. The normalized spacial score (nSPS) is 16.3. The molecular weight excluding hydrogens is 408 g/mol. The molecule has 0 saturated heterocycles. The highest BCUT2D eigenvalue weighted by atomic mass is 79.9. The van der Waals surface area contributed by atoms with Crippen molar-refractivity contribution in [3.63, 3.8) is 0 Å². The van der Waals surface area contributed by atoms with E-state index in [0.717, 1.165) is 17.3 Å². The van der Waals surface area contributed by atoms with E-state index in [0.29, 0.717) is 13.1 Å². The van der Waals surface area contributed by atoms with E-state index in [1.165, 1.54) is 11.1 Å². The summed E-state index contributed by atoms with van der Waals surface area (Å²) in [5, 5.41) is 2.70. The highest BCUT2D eigenvalue weighted by molar-refractivity contribution is 9.10. The number of halogens is 2. The van der Waals surface area contributed by atoms with Gasteiger partial charge in [0.05, 0.1) is 0 Å². The molecule has 2 rings (SSSR count). The fourth-order valence-corrected chi connectivity index (χ4v) is 3.53. The average Bonchev–Trinajstić information content (AvgIpc) is 2.91. The highest BCUT2D eigenvalue weighted by Crippen LogP contribution is 2.28. The number of alkyl carbamates (subject to hydrolysis) is 1. The van der Waals surface area contributed by atoms with Crippen molar-refractivity contribution in [2.24, 2.45) is 0 Å². The lowest BCUT2D eigenvalue weighted by atomic mass is 10.1. The van der Waals surface area contributed by atoms with Crippen LogP contribution in [0.2, 0.25) is 0 Å². The van der Waals surface area contributed by atoms with Crippen LogP contribution in [-0.4, -0.2) is 47.5 Å². The summed E-state index contributed by atoms with van der Waals surface area (Å²) in [6, 6.07) is 6.26. The standard InChI is InChI=1S/C18H24BrClN2O3/c1-18(2,3)25-17(24)21-6-7-22(16(23)11-20)15-9-12-4-5-14(19)8-13(12)10-15/h4-5,8,15H,6-7,9-11H2,1-3H3,(H,21,24)/t15-/m0/s1. The number of amides is 2. The van der Waals surface area contributed by atoms with Crippen LogP contribution in [0.25, 0.3) is 0 Å². The van der Waals surface area contributed by atoms with Crippen LogP contribution in [0.3, 0.4) is 0 Å². The van der Waals surface area contributed by atoms with Crippen LogP contribution in [0.4, 0.5) is 4.79 Å². The second kappa shape index (κ2) is 8.41. The lowest BCUT2D eigenvalue weighted by molar-refractivity contribution is -0.130. The van der Waals surface area contributed by atoms with Gasteiger partial charge in [-0.1, -0.05) is 22.0 Å². The van der Waals surface area contributed by atoms with Gasteiger partial charge in [-0.15, -0.1) is 11.6 Å². The summed E-state index contributed by atoms with van der Waals surface area (Å²) in [4.78, 5) is 25.8. The summed E-state index contributed by atoms with van der Waals surface area (Å²) in [6.07, 6.45) is 1.12. The number of alkyl halides is 1. The van der Waals surface area contributed by atoms with Crippen molar-refractivity contribution in [3.05, 3.63) is 33.8 Å². The summed E-state index contributed by atoms with van der Waals surface area (Å²) in [5.41, 5.74) is 1.95. The monoisotopic (exact) mass is 430 g/mol. The predicted molar refractivity (Wildman–Crippen MR) is 102 cm³/mol. The Labute approximate surface area is 162 Å². The van der Waals surface area contributed by atoms with Crippen molar-refractivity contribution in [2.45, 2.75) is 45.3 Å². The molecule has 0 radical (unpaired) electrons. The van der Waals surface area contributed by atoms with Crippen molar-refractivity contribution in [1.82, 2.24) is 10.2 Å². The molecule has 0 spiro atoms. The van der Waals surface area contributed by atoms with Gasteiger partial charge in [-0.05, 0) is 56.9 Å². The third-order valence-electron chi connectivity index (χ3n) is 3.98. The summed E-state index contributed by atoms with van der Waals surface area (Å²) in [6.45, 7) is 6.16. The van der Waals surface area contributed by atoms with E-state index in [2.05, 4.69) is 33.4 Å². The van der Waals surface area contributed by atoms with E-state index in [4.69, 9.17) is 16.3 Å². The molecule has 7 heteroatoms. The smallest absolute Gasteiger partial charge is 0.407 e. The van der Waals surface area contributed by atoms with Gasteiger partial charge in [0.15, 0.2) is 0 Å². The molecule has 1 aliphatic carbocycles. The van der Waals surface area contributed by atoms with Gasteiger partial charge >= 0.3 is 6.09 Å². The number of rotatable bonds is 5. The van der Waals surface area contributed by atoms with E-state index >= 15 is 0 Å². The summed E-state index contributed by atoms with van der Waals surface area (Å²) >= 11 is 9.26. The Hall–Kier alpha value is -1.27. The van der Waals surface area contributed by atoms with Gasteiger partial charge in [-0.3, -0.25) is 4.79 Å². The molecule has 0 fully saturated rings. The van der Waals surface area contributed by atoms with Gasteiger partial charge in [0, 0.05) is 23.6 Å². The lowest BCUT2D eigenvalue weighted by Crippen LogP contribution is -2.46. The molecule has 0 saturated carbocycles. The van der Waals surface area contributed by atoms with Crippen molar-refractivity contribution < 1.29 is 14.3 Å². The third kappa shape index (κ3) is 5.89. The molecule has 1 N–H and O–H groups in total. The average molecular weight is 432 g/mol. The van der Waals surface area contributed by atoms with Crippen molar-refractivity contribution in [3.8, 4) is 0 Å². The van der Waals surface area contributed by atoms with E-state index in [1.807, 2.05) is 26.8 Å². The summed E-state index contributed by atoms with van der Waals surface area (Å²) in [5.74, 6) is -0.187. The number of nitrogens with zero attached hydrogens (tertiary/aromatic N) is 1. The molecule has 138 valence electrons. The Morgan fingerprint density at radius 2 is 2.00 bits per heavy atom. The maximum atomic E-state index is 12.3. The minimum Gasteiger partial charge on any atom is -0.444 e. The number of nitrogens with one attached hydrogen (secondary N) is 1. The van der Waals surface area contributed by atoms with Crippen LogP contribution in [0.5, 0.6) is 0 Å². The number of benzene rings is 1. The highest BCUT2D eigenvalue weighted by Gasteiger charge is 2.29. The molecule has 0 heterocycles. The topological polar surface area (TPSA) is 58.6 Å². The zero-order valence-corrected chi connectivity index (χ0v) is 17.1. The summed E-state index contributed by atoms with van der Waals surface area (Å²) < 4.78 is 6.25. The SMILES string of the molecule is CC(C)(C)OC(=O)NCCN(C(=O)CCl)[C@H]1Cc2ccc(Br)cc2C1. The zero-order valence-electron chi connectivity index (χ0n) is 14.8. The van der Waals surface area contributed by atoms with Crippen LogP contribution in [-0.2, 0) is 22.4 Å². The van der Waals surface area contributed by atoms with E-state index in [1.54, 1.807) is 4.90 Å². The number of ether oxygens (including phenoxy) is 1. The molecule has 25 heavy (non-hydrogen) atoms. The number of hydrogen-bond donors (Lipinski definition) is 1. The molecule has 0 aliphatic heterocycles. The Bertz CT molecular complexity index is 646. The van der Waals surface area contributed by atoms with Crippen molar-refractivity contribution >= 4 is 39.5 Å². The molecule has 1 atom stereocenters. The molecule has 0 unspecified atom stereocenters. The van der Waals surface area contributed by atoms with E-state index in [9.17, 15) is 9.59 Å². The second-order valence-electron chi connectivity index (χ2n) is 7.12. The van der Waals surface area contributed by atoms with Gasteiger partial charge < -0.3 is 15.0 Å². The van der Waals surface area contributed by atoms with Crippen molar-refractivity contribution in [2.75, 3.05) is 19.0 Å². The van der Waals surface area contributed by atoms with Crippen LogP contribution in [0, 0.1) is 0 Å². The van der Waals surface area contributed by atoms with E-state index < -0.39 is 11.7 Å². The van der Waals surface area contributed by atoms with Gasteiger partial charge in [-0.25, -0.2) is 4.79 Å². The lowest BCUT2D eigenvalue weighted by Gasteiger charge is -2.29. The van der Waals surface area contributed by atoms with Gasteiger partial charge in [0.1, 0.15) is 11.5 Å². The van der Waals surface area contributed by atoms with E-state index in [-0.39, 0.29) is 17.8 Å². The van der Waals surface area contributed by atoms with Gasteiger partial charge in [-0.2, -0.15) is 0 Å². The minimum absolute atomic E-state index is 0.0657. The van der Waals surface area contributed by atoms with Crippen molar-refractivity contribution in [1.29, 1.82) is 0 Å². The molecule has 0 aromatic heterocycles. The predicted octanol–water partition coefficient (Wildman–Crippen LogP) is 3.51. The first kappa shape index (κ1) is 20.0.